The molecular formula is C13H26ClN3O. The first kappa shape index (κ1) is 19.5. The largest absolute Gasteiger partial charge is 0.402 e. The summed E-state index contributed by atoms with van der Waals surface area (Å²) in [4.78, 5) is 3.80. The van der Waals surface area contributed by atoms with E-state index < -0.39 is 0 Å². The molecule has 0 atom stereocenters. The minimum Gasteiger partial charge on any atom is -0.402 e. The Labute approximate surface area is 116 Å². The van der Waals surface area contributed by atoms with Gasteiger partial charge >= 0.3 is 0 Å². The Hall–Kier alpha value is -0.840. The summed E-state index contributed by atoms with van der Waals surface area (Å²) in [6, 6.07) is 0. The Morgan fingerprint density at radius 2 is 2.06 bits per heavy atom. The average molecular weight is 276 g/mol. The van der Waals surface area contributed by atoms with Gasteiger partial charge in [0.15, 0.2) is 0 Å². The molecule has 0 aliphatic rings. The second-order valence-electron chi connectivity index (χ2n) is 3.90. The van der Waals surface area contributed by atoms with Crippen molar-refractivity contribution < 1.29 is 4.74 Å². The lowest BCUT2D eigenvalue weighted by Crippen LogP contribution is -2.16. The first-order valence-electron chi connectivity index (χ1n) is 5.95. The van der Waals surface area contributed by atoms with Crippen molar-refractivity contribution in [3.8, 4) is 0 Å². The van der Waals surface area contributed by atoms with Gasteiger partial charge in [-0.25, -0.2) is 4.99 Å². The number of rotatable bonds is 6. The number of ether oxygens (including phenoxy) is 1. The SMILES string of the molecule is CC(Cl)=N/C=C\C=C(/C)N.CNCCOC(C)C. The molecule has 18 heavy (non-hydrogen) atoms. The number of hydrogen-bond donors (Lipinski definition) is 2. The molecule has 0 aliphatic heterocycles. The van der Waals surface area contributed by atoms with Gasteiger partial charge in [-0.05, 0) is 46.9 Å². The van der Waals surface area contributed by atoms with Crippen LogP contribution in [-0.2, 0) is 4.74 Å². The standard InChI is InChI=1S/C7H11ClN2.C6H15NO/c1-6(9)4-3-5-10-7(2)8;1-6(2)8-5-4-7-3/h3-5H,9H2,1-2H3;6-7H,4-5H2,1-3H3/b5-3-,6-4+,10-7?;. The van der Waals surface area contributed by atoms with Gasteiger partial charge < -0.3 is 15.8 Å². The van der Waals surface area contributed by atoms with E-state index in [2.05, 4.69) is 10.3 Å². The Morgan fingerprint density at radius 3 is 2.44 bits per heavy atom. The van der Waals surface area contributed by atoms with E-state index in [1.54, 1.807) is 25.3 Å². The van der Waals surface area contributed by atoms with E-state index in [0.717, 1.165) is 18.8 Å². The van der Waals surface area contributed by atoms with Gasteiger partial charge in [0, 0.05) is 18.4 Å². The number of nitrogens with zero attached hydrogens (tertiary/aromatic N) is 1. The lowest BCUT2D eigenvalue weighted by molar-refractivity contribution is 0.0818. The van der Waals surface area contributed by atoms with Gasteiger partial charge in [0.25, 0.3) is 0 Å². The molecule has 0 fully saturated rings. The molecule has 0 aromatic carbocycles. The number of nitrogens with one attached hydrogen (secondary N) is 1. The van der Waals surface area contributed by atoms with Crippen LogP contribution < -0.4 is 11.1 Å². The zero-order chi connectivity index (χ0) is 14.4. The fourth-order valence-electron chi connectivity index (χ4n) is 0.737. The van der Waals surface area contributed by atoms with Crippen molar-refractivity contribution in [2.24, 2.45) is 10.7 Å². The predicted octanol–water partition coefficient (Wildman–Crippen LogP) is 2.65. The highest BCUT2D eigenvalue weighted by Crippen LogP contribution is 1.87. The van der Waals surface area contributed by atoms with Crippen molar-refractivity contribution in [1.29, 1.82) is 0 Å². The van der Waals surface area contributed by atoms with E-state index in [4.69, 9.17) is 22.1 Å². The third-order valence-corrected chi connectivity index (χ3v) is 1.60. The van der Waals surface area contributed by atoms with Gasteiger partial charge in [0.2, 0.25) is 0 Å². The summed E-state index contributed by atoms with van der Waals surface area (Å²) in [6.07, 6.45) is 5.45. The predicted molar refractivity (Wildman–Crippen MR) is 81.1 cm³/mol. The second-order valence-corrected chi connectivity index (χ2v) is 4.45. The van der Waals surface area contributed by atoms with E-state index >= 15 is 0 Å². The maximum absolute atomic E-state index is 5.44. The molecule has 0 saturated carbocycles. The molecule has 106 valence electrons. The Bertz CT molecular complexity index is 245. The topological polar surface area (TPSA) is 59.6 Å². The Balaban J connectivity index is 0. The van der Waals surface area contributed by atoms with Crippen molar-refractivity contribution in [3.05, 3.63) is 24.0 Å². The monoisotopic (exact) mass is 275 g/mol. The van der Waals surface area contributed by atoms with Crippen molar-refractivity contribution in [3.63, 3.8) is 0 Å². The van der Waals surface area contributed by atoms with E-state index in [9.17, 15) is 0 Å². The van der Waals surface area contributed by atoms with Crippen molar-refractivity contribution in [2.45, 2.75) is 33.8 Å². The van der Waals surface area contributed by atoms with Crippen LogP contribution in [0.4, 0.5) is 0 Å². The van der Waals surface area contributed by atoms with Gasteiger partial charge in [-0.15, -0.1) is 0 Å². The lowest BCUT2D eigenvalue weighted by Gasteiger charge is -2.05. The van der Waals surface area contributed by atoms with Crippen molar-refractivity contribution >= 4 is 16.8 Å². The molecular weight excluding hydrogens is 250 g/mol. The second kappa shape index (κ2) is 14.2. The fraction of sp³-hybridized carbons (Fsp3) is 0.615. The van der Waals surface area contributed by atoms with Crippen LogP contribution in [0.5, 0.6) is 0 Å². The summed E-state index contributed by atoms with van der Waals surface area (Å²) >= 11 is 5.44. The molecule has 0 aliphatic carbocycles. The van der Waals surface area contributed by atoms with E-state index in [0.29, 0.717) is 11.3 Å². The summed E-state index contributed by atoms with van der Waals surface area (Å²) in [6.45, 7) is 9.35. The van der Waals surface area contributed by atoms with Crippen LogP contribution in [0.15, 0.2) is 29.0 Å². The molecule has 5 heteroatoms. The normalized spacial score (nSPS) is 12.8. The van der Waals surface area contributed by atoms with Crippen LogP contribution in [0.2, 0.25) is 0 Å². The molecule has 0 rings (SSSR count). The van der Waals surface area contributed by atoms with Crippen LogP contribution in [0.1, 0.15) is 27.7 Å². The Morgan fingerprint density at radius 1 is 1.44 bits per heavy atom. The number of aliphatic imine (C=N–C) groups is 1. The highest BCUT2D eigenvalue weighted by molar-refractivity contribution is 6.64. The van der Waals surface area contributed by atoms with E-state index in [1.807, 2.05) is 27.8 Å². The fourth-order valence-corrected chi connectivity index (χ4v) is 0.794. The third-order valence-electron chi connectivity index (χ3n) is 1.50. The van der Waals surface area contributed by atoms with Gasteiger partial charge in [0.1, 0.15) is 5.17 Å². The molecule has 0 radical (unpaired) electrons. The van der Waals surface area contributed by atoms with Gasteiger partial charge in [0.05, 0.1) is 12.7 Å². The summed E-state index contributed by atoms with van der Waals surface area (Å²) in [5.41, 5.74) is 6.09. The quantitative estimate of drug-likeness (QED) is 0.445. The number of allylic oxidation sites excluding steroid dienone is 3. The summed E-state index contributed by atoms with van der Waals surface area (Å²) < 4.78 is 5.22. The Kier molecular flexibility index (Phi) is 15.4. The molecule has 4 nitrogen and oxygen atoms in total. The van der Waals surface area contributed by atoms with Crippen LogP contribution >= 0.6 is 11.6 Å². The minimum absolute atomic E-state index is 0.364. The zero-order valence-electron chi connectivity index (χ0n) is 12.0. The summed E-state index contributed by atoms with van der Waals surface area (Å²) in [5, 5.41) is 3.51. The third kappa shape index (κ3) is 24.4. The highest BCUT2D eigenvalue weighted by atomic mass is 35.5. The van der Waals surface area contributed by atoms with Crippen LogP contribution in [0, 0.1) is 0 Å². The summed E-state index contributed by atoms with van der Waals surface area (Å²) in [7, 11) is 1.92. The number of halogens is 1. The molecule has 0 aromatic heterocycles. The molecule has 0 aromatic rings. The van der Waals surface area contributed by atoms with Crippen LogP contribution in [0.3, 0.4) is 0 Å². The minimum atomic E-state index is 0.364. The maximum Gasteiger partial charge on any atom is 0.103 e. The smallest absolute Gasteiger partial charge is 0.103 e. The maximum atomic E-state index is 5.44. The summed E-state index contributed by atoms with van der Waals surface area (Å²) in [5.74, 6) is 0. The highest BCUT2D eigenvalue weighted by Gasteiger charge is 1.88. The zero-order valence-corrected chi connectivity index (χ0v) is 12.8. The van der Waals surface area contributed by atoms with E-state index in [-0.39, 0.29) is 0 Å². The van der Waals surface area contributed by atoms with Crippen LogP contribution in [-0.4, -0.2) is 31.5 Å². The average Bonchev–Trinajstić information content (AvgIpc) is 2.25. The van der Waals surface area contributed by atoms with Crippen molar-refractivity contribution in [2.75, 3.05) is 20.2 Å². The van der Waals surface area contributed by atoms with Gasteiger partial charge in [-0.1, -0.05) is 11.6 Å². The van der Waals surface area contributed by atoms with Gasteiger partial charge in [-0.3, -0.25) is 0 Å². The van der Waals surface area contributed by atoms with Crippen LogP contribution in [0.25, 0.3) is 0 Å². The molecule has 3 N–H and O–H groups in total. The number of nitrogens with two attached hydrogens (primary N) is 1. The molecule has 0 spiro atoms. The first-order valence-corrected chi connectivity index (χ1v) is 6.33. The number of hydrogen-bond acceptors (Lipinski definition) is 4. The molecule has 0 bridgehead atoms. The molecule has 0 heterocycles. The van der Waals surface area contributed by atoms with Gasteiger partial charge in [-0.2, -0.15) is 0 Å². The molecule has 0 saturated heterocycles. The lowest BCUT2D eigenvalue weighted by atomic mass is 10.4. The van der Waals surface area contributed by atoms with Crippen molar-refractivity contribution in [1.82, 2.24) is 5.32 Å². The first-order chi connectivity index (χ1) is 8.40. The van der Waals surface area contributed by atoms with E-state index in [1.165, 1.54) is 0 Å². The molecule has 0 amide bonds. The molecule has 0 unspecified atom stereocenters. The number of likely N-dealkylation sites (N-methyl/N-ethyl adjacent to an activating group) is 1.